The third-order valence-corrected chi connectivity index (χ3v) is 3.25. The highest BCUT2D eigenvalue weighted by molar-refractivity contribution is 9.10. The Morgan fingerprint density at radius 1 is 1.44 bits per heavy atom. The Morgan fingerprint density at radius 2 is 2.06 bits per heavy atom. The first-order valence-corrected chi connectivity index (χ1v) is 6.42. The van der Waals surface area contributed by atoms with E-state index in [1.54, 1.807) is 18.2 Å². The molecule has 0 bridgehead atoms. The van der Waals surface area contributed by atoms with Gasteiger partial charge < -0.3 is 5.32 Å². The Hall–Kier alpha value is -0.250. The van der Waals surface area contributed by atoms with Crippen molar-refractivity contribution >= 4 is 45.0 Å². The van der Waals surface area contributed by atoms with Gasteiger partial charge >= 0.3 is 0 Å². The van der Waals surface area contributed by atoms with Gasteiger partial charge in [0.1, 0.15) is 5.38 Å². The topological polar surface area (TPSA) is 29.1 Å². The molecule has 1 unspecified atom stereocenters. The molecule has 0 fully saturated rings. The average molecular weight is 325 g/mol. The number of nitrogens with one attached hydrogen (secondary N) is 1. The number of benzene rings is 1. The molecule has 2 nitrogen and oxygen atoms in total. The fourth-order valence-electron chi connectivity index (χ4n) is 1.21. The van der Waals surface area contributed by atoms with Crippen molar-refractivity contribution in [2.24, 2.45) is 0 Å². The van der Waals surface area contributed by atoms with Gasteiger partial charge in [0.15, 0.2) is 0 Å². The maximum absolute atomic E-state index is 11.7. The monoisotopic (exact) mass is 323 g/mol. The Morgan fingerprint density at radius 3 is 2.56 bits per heavy atom. The minimum Gasteiger partial charge on any atom is -0.352 e. The van der Waals surface area contributed by atoms with Gasteiger partial charge in [-0.05, 0) is 31.5 Å². The van der Waals surface area contributed by atoms with E-state index in [0.29, 0.717) is 10.6 Å². The zero-order chi connectivity index (χ0) is 12.3. The summed E-state index contributed by atoms with van der Waals surface area (Å²) in [6.07, 6.45) is 0. The lowest BCUT2D eigenvalue weighted by Gasteiger charge is -2.14. The van der Waals surface area contributed by atoms with E-state index >= 15 is 0 Å². The SMILES string of the molecule is CC(C)NC(=O)C(Cl)c1ccc(Cl)cc1Br. The van der Waals surface area contributed by atoms with Crippen LogP contribution in [0, 0.1) is 0 Å². The van der Waals surface area contributed by atoms with Crippen LogP contribution >= 0.6 is 39.1 Å². The van der Waals surface area contributed by atoms with Crippen LogP contribution in [-0.4, -0.2) is 11.9 Å². The summed E-state index contributed by atoms with van der Waals surface area (Å²) < 4.78 is 0.735. The number of carbonyl (C=O) groups excluding carboxylic acids is 1. The largest absolute Gasteiger partial charge is 0.352 e. The normalized spacial score (nSPS) is 12.6. The van der Waals surface area contributed by atoms with Crippen molar-refractivity contribution in [1.29, 1.82) is 0 Å². The highest BCUT2D eigenvalue weighted by Gasteiger charge is 2.20. The maximum atomic E-state index is 11.7. The highest BCUT2D eigenvalue weighted by Crippen LogP contribution is 2.30. The third-order valence-electron chi connectivity index (χ3n) is 1.90. The molecule has 1 amide bonds. The lowest BCUT2D eigenvalue weighted by atomic mass is 10.1. The predicted octanol–water partition coefficient (Wildman–Crippen LogP) is 3.91. The van der Waals surface area contributed by atoms with Gasteiger partial charge in [0.2, 0.25) is 5.91 Å². The van der Waals surface area contributed by atoms with Gasteiger partial charge in [-0.1, -0.05) is 33.6 Å². The smallest absolute Gasteiger partial charge is 0.242 e. The van der Waals surface area contributed by atoms with Crippen LogP contribution in [0.3, 0.4) is 0 Å². The molecule has 1 rings (SSSR count). The summed E-state index contributed by atoms with van der Waals surface area (Å²) in [7, 11) is 0. The second-order valence-corrected chi connectivity index (χ2v) is 5.42. The van der Waals surface area contributed by atoms with E-state index in [1.807, 2.05) is 13.8 Å². The molecular weight excluding hydrogens is 313 g/mol. The number of hydrogen-bond acceptors (Lipinski definition) is 1. The van der Waals surface area contributed by atoms with E-state index in [-0.39, 0.29) is 11.9 Å². The van der Waals surface area contributed by atoms with Gasteiger partial charge in [0, 0.05) is 15.5 Å². The number of halogens is 3. The van der Waals surface area contributed by atoms with Gasteiger partial charge in [-0.25, -0.2) is 0 Å². The molecular formula is C11H12BrCl2NO. The molecule has 1 aromatic carbocycles. The van der Waals surface area contributed by atoms with Crippen LogP contribution in [0.1, 0.15) is 24.8 Å². The highest BCUT2D eigenvalue weighted by atomic mass is 79.9. The van der Waals surface area contributed by atoms with Crippen LogP contribution in [0.25, 0.3) is 0 Å². The van der Waals surface area contributed by atoms with Crippen molar-refractivity contribution in [3.8, 4) is 0 Å². The van der Waals surface area contributed by atoms with Crippen molar-refractivity contribution in [2.45, 2.75) is 25.3 Å². The Kier molecular flexibility index (Phi) is 5.09. The van der Waals surface area contributed by atoms with Crippen LogP contribution in [0.2, 0.25) is 5.02 Å². The molecule has 0 aliphatic rings. The molecule has 88 valence electrons. The molecule has 0 saturated heterocycles. The van der Waals surface area contributed by atoms with Crippen LogP contribution in [-0.2, 0) is 4.79 Å². The summed E-state index contributed by atoms with van der Waals surface area (Å²) in [5, 5.41) is 2.64. The summed E-state index contributed by atoms with van der Waals surface area (Å²) in [4.78, 5) is 11.7. The van der Waals surface area contributed by atoms with Crippen LogP contribution in [0.4, 0.5) is 0 Å². The second-order valence-electron chi connectivity index (χ2n) is 3.69. The van der Waals surface area contributed by atoms with Crippen LogP contribution in [0.5, 0.6) is 0 Å². The molecule has 1 N–H and O–H groups in total. The summed E-state index contributed by atoms with van der Waals surface area (Å²) in [6, 6.07) is 5.23. The molecule has 16 heavy (non-hydrogen) atoms. The van der Waals surface area contributed by atoms with E-state index in [1.165, 1.54) is 0 Å². The maximum Gasteiger partial charge on any atom is 0.242 e. The summed E-state index contributed by atoms with van der Waals surface area (Å²) in [5.41, 5.74) is 0.712. The molecule has 1 atom stereocenters. The molecule has 0 heterocycles. The van der Waals surface area contributed by atoms with E-state index in [9.17, 15) is 4.79 Å². The lowest BCUT2D eigenvalue weighted by Crippen LogP contribution is -2.32. The number of alkyl halides is 1. The fourth-order valence-corrected chi connectivity index (χ4v) is 2.50. The van der Waals surface area contributed by atoms with E-state index in [0.717, 1.165) is 4.47 Å². The van der Waals surface area contributed by atoms with Gasteiger partial charge in [0.05, 0.1) is 0 Å². The van der Waals surface area contributed by atoms with Gasteiger partial charge in [-0.15, -0.1) is 11.6 Å². The lowest BCUT2D eigenvalue weighted by molar-refractivity contribution is -0.121. The molecule has 0 aromatic heterocycles. The number of amides is 1. The molecule has 0 radical (unpaired) electrons. The molecule has 0 saturated carbocycles. The zero-order valence-corrected chi connectivity index (χ0v) is 12.0. The molecule has 0 spiro atoms. The van der Waals surface area contributed by atoms with Crippen LogP contribution < -0.4 is 5.32 Å². The second kappa shape index (κ2) is 5.89. The predicted molar refractivity (Wildman–Crippen MR) is 71.0 cm³/mol. The van der Waals surface area contributed by atoms with Crippen LogP contribution in [0.15, 0.2) is 22.7 Å². The van der Waals surface area contributed by atoms with Crippen molar-refractivity contribution in [2.75, 3.05) is 0 Å². The Labute approximate surface area is 113 Å². The first-order valence-electron chi connectivity index (χ1n) is 4.81. The summed E-state index contributed by atoms with van der Waals surface area (Å²) in [6.45, 7) is 3.77. The minimum atomic E-state index is -0.714. The molecule has 5 heteroatoms. The minimum absolute atomic E-state index is 0.0693. The number of carbonyl (C=O) groups is 1. The quantitative estimate of drug-likeness (QED) is 0.839. The van der Waals surface area contributed by atoms with E-state index in [2.05, 4.69) is 21.2 Å². The zero-order valence-electron chi connectivity index (χ0n) is 8.93. The van der Waals surface area contributed by atoms with Crippen molar-refractivity contribution in [3.63, 3.8) is 0 Å². The van der Waals surface area contributed by atoms with Crippen molar-refractivity contribution in [1.82, 2.24) is 5.32 Å². The average Bonchev–Trinajstić information content (AvgIpc) is 2.15. The van der Waals surface area contributed by atoms with Gasteiger partial charge in [-0.2, -0.15) is 0 Å². The number of rotatable bonds is 3. The van der Waals surface area contributed by atoms with Crippen molar-refractivity contribution < 1.29 is 4.79 Å². The van der Waals surface area contributed by atoms with E-state index in [4.69, 9.17) is 23.2 Å². The first-order chi connectivity index (χ1) is 7.41. The van der Waals surface area contributed by atoms with Gasteiger partial charge in [-0.3, -0.25) is 4.79 Å². The third kappa shape index (κ3) is 3.65. The Bertz CT molecular complexity index is 396. The first kappa shape index (κ1) is 13.8. The van der Waals surface area contributed by atoms with Crippen molar-refractivity contribution in [3.05, 3.63) is 33.3 Å². The summed E-state index contributed by atoms with van der Waals surface area (Å²) in [5.74, 6) is -0.209. The fraction of sp³-hybridized carbons (Fsp3) is 0.364. The number of hydrogen-bond donors (Lipinski definition) is 1. The van der Waals surface area contributed by atoms with Gasteiger partial charge in [0.25, 0.3) is 0 Å². The molecule has 0 aliphatic carbocycles. The standard InChI is InChI=1S/C11H12BrCl2NO/c1-6(2)15-11(16)10(14)8-4-3-7(13)5-9(8)12/h3-6,10H,1-2H3,(H,15,16). The Balaban J connectivity index is 2.87. The molecule has 1 aromatic rings. The summed E-state index contributed by atoms with van der Waals surface area (Å²) >= 11 is 15.2. The molecule has 0 aliphatic heterocycles. The van der Waals surface area contributed by atoms with E-state index < -0.39 is 5.38 Å².